The number of benzene rings is 1. The Kier molecular flexibility index (Phi) is 5.17. The van der Waals surface area contributed by atoms with Gasteiger partial charge in [0.25, 0.3) is 0 Å². The molecule has 0 bridgehead atoms. The maximum Gasteiger partial charge on any atom is -0.0201 e. The van der Waals surface area contributed by atoms with Gasteiger partial charge < -0.3 is 0 Å². The summed E-state index contributed by atoms with van der Waals surface area (Å²) in [6.45, 7) is 6.60. The van der Waals surface area contributed by atoms with E-state index in [2.05, 4.69) is 51.1 Å². The van der Waals surface area contributed by atoms with Crippen LogP contribution in [0.2, 0.25) is 0 Å². The summed E-state index contributed by atoms with van der Waals surface area (Å²) in [6, 6.07) is 6.48. The van der Waals surface area contributed by atoms with Crippen LogP contribution in [-0.2, 0) is 0 Å². The number of unbranched alkanes of at least 4 members (excludes halogenated alkanes) is 3. The summed E-state index contributed by atoms with van der Waals surface area (Å²) in [7, 11) is 0. The lowest BCUT2D eigenvalue weighted by Crippen LogP contribution is -1.84. The van der Waals surface area contributed by atoms with Crippen molar-refractivity contribution >= 4 is 6.08 Å². The van der Waals surface area contributed by atoms with Gasteiger partial charge in [0.15, 0.2) is 0 Å². The van der Waals surface area contributed by atoms with E-state index in [1.54, 1.807) is 0 Å². The highest BCUT2D eigenvalue weighted by Crippen LogP contribution is 2.15. The van der Waals surface area contributed by atoms with E-state index in [4.69, 9.17) is 0 Å². The molecule has 1 aromatic rings. The Bertz CT molecular complexity index is 301. The molecule has 0 amide bonds. The van der Waals surface area contributed by atoms with Crippen LogP contribution in [0.4, 0.5) is 0 Å². The summed E-state index contributed by atoms with van der Waals surface area (Å²) >= 11 is 0. The minimum absolute atomic E-state index is 1.21. The fraction of sp³-hybridized carbons (Fsp3) is 0.467. The molecular formula is C15H22. The van der Waals surface area contributed by atoms with Gasteiger partial charge in [-0.2, -0.15) is 0 Å². The van der Waals surface area contributed by atoms with Gasteiger partial charge in [-0.1, -0.05) is 50.1 Å². The molecule has 0 aliphatic heterocycles. The highest BCUT2D eigenvalue weighted by Gasteiger charge is 1.96. The van der Waals surface area contributed by atoms with E-state index >= 15 is 0 Å². The zero-order valence-corrected chi connectivity index (χ0v) is 10.2. The molecule has 0 atom stereocenters. The third-order valence-electron chi connectivity index (χ3n) is 2.80. The van der Waals surface area contributed by atoms with Crippen LogP contribution < -0.4 is 0 Å². The van der Waals surface area contributed by atoms with Crippen molar-refractivity contribution < 1.29 is 0 Å². The molecule has 0 heterocycles. The van der Waals surface area contributed by atoms with Gasteiger partial charge in [0.1, 0.15) is 0 Å². The average molecular weight is 202 g/mol. The van der Waals surface area contributed by atoms with E-state index in [0.717, 1.165) is 0 Å². The zero-order valence-electron chi connectivity index (χ0n) is 10.2. The smallest absolute Gasteiger partial charge is 0.0201 e. The minimum Gasteiger partial charge on any atom is -0.0839 e. The molecule has 1 rings (SSSR count). The Balaban J connectivity index is 2.56. The largest absolute Gasteiger partial charge is 0.0839 e. The molecule has 82 valence electrons. The zero-order chi connectivity index (χ0) is 11.1. The van der Waals surface area contributed by atoms with Crippen molar-refractivity contribution in [1.29, 1.82) is 0 Å². The van der Waals surface area contributed by atoms with Crippen LogP contribution in [0.25, 0.3) is 6.08 Å². The number of allylic oxidation sites excluding steroid dienone is 1. The first kappa shape index (κ1) is 12.0. The Morgan fingerprint density at radius 3 is 2.33 bits per heavy atom. The standard InChI is InChI=1S/C15H22/c1-4-5-6-7-8-12-15-13(2)10-9-11-14(15)3/h8-12H,4-7H2,1-3H3/b12-8+. The molecule has 0 unspecified atom stereocenters. The van der Waals surface area contributed by atoms with Crippen LogP contribution in [0.15, 0.2) is 24.3 Å². The molecule has 0 aromatic heterocycles. The molecular weight excluding hydrogens is 180 g/mol. The van der Waals surface area contributed by atoms with Crippen LogP contribution in [-0.4, -0.2) is 0 Å². The summed E-state index contributed by atoms with van der Waals surface area (Å²) in [5.74, 6) is 0. The highest BCUT2D eigenvalue weighted by atomic mass is 14.0. The molecule has 0 heteroatoms. The Morgan fingerprint density at radius 1 is 1.07 bits per heavy atom. The van der Waals surface area contributed by atoms with E-state index in [9.17, 15) is 0 Å². The molecule has 0 nitrogen and oxygen atoms in total. The lowest BCUT2D eigenvalue weighted by atomic mass is 10.0. The predicted octanol–water partition coefficient (Wildman–Crippen LogP) is 4.90. The van der Waals surface area contributed by atoms with E-state index in [1.807, 2.05) is 0 Å². The molecule has 0 aliphatic carbocycles. The molecule has 1 aromatic carbocycles. The van der Waals surface area contributed by atoms with Gasteiger partial charge in [0.2, 0.25) is 0 Å². The second-order valence-electron chi connectivity index (χ2n) is 4.20. The van der Waals surface area contributed by atoms with Crippen LogP contribution >= 0.6 is 0 Å². The molecule has 15 heavy (non-hydrogen) atoms. The maximum atomic E-state index is 2.31. The minimum atomic E-state index is 1.21. The van der Waals surface area contributed by atoms with Crippen LogP contribution in [0.1, 0.15) is 49.3 Å². The Hall–Kier alpha value is -1.04. The van der Waals surface area contributed by atoms with Crippen molar-refractivity contribution in [3.05, 3.63) is 41.0 Å². The first-order chi connectivity index (χ1) is 7.25. The fourth-order valence-electron chi connectivity index (χ4n) is 1.80. The molecule has 0 fully saturated rings. The lowest BCUT2D eigenvalue weighted by Gasteiger charge is -2.03. The SMILES string of the molecule is CCCCC/C=C/c1c(C)cccc1C. The fourth-order valence-corrected chi connectivity index (χ4v) is 1.80. The Morgan fingerprint density at radius 2 is 1.73 bits per heavy atom. The third-order valence-corrected chi connectivity index (χ3v) is 2.80. The van der Waals surface area contributed by atoms with Crippen LogP contribution in [0.3, 0.4) is 0 Å². The van der Waals surface area contributed by atoms with Crippen molar-refractivity contribution in [3.8, 4) is 0 Å². The normalized spacial score (nSPS) is 11.1. The van der Waals surface area contributed by atoms with Crippen molar-refractivity contribution in [1.82, 2.24) is 0 Å². The molecule has 0 spiro atoms. The van der Waals surface area contributed by atoms with Gasteiger partial charge in [0, 0.05) is 0 Å². The number of rotatable bonds is 5. The van der Waals surface area contributed by atoms with Crippen LogP contribution in [0, 0.1) is 13.8 Å². The van der Waals surface area contributed by atoms with E-state index in [0.29, 0.717) is 0 Å². The maximum absolute atomic E-state index is 2.31. The molecule has 0 aliphatic rings. The number of aryl methyl sites for hydroxylation is 2. The van der Waals surface area contributed by atoms with E-state index < -0.39 is 0 Å². The second-order valence-corrected chi connectivity index (χ2v) is 4.20. The second kappa shape index (κ2) is 6.44. The van der Waals surface area contributed by atoms with Crippen molar-refractivity contribution in [2.24, 2.45) is 0 Å². The van der Waals surface area contributed by atoms with Gasteiger partial charge in [-0.15, -0.1) is 0 Å². The average Bonchev–Trinajstić information content (AvgIpc) is 2.21. The van der Waals surface area contributed by atoms with Gasteiger partial charge in [-0.05, 0) is 43.4 Å². The quantitative estimate of drug-likeness (QED) is 0.596. The van der Waals surface area contributed by atoms with Gasteiger partial charge in [-0.25, -0.2) is 0 Å². The lowest BCUT2D eigenvalue weighted by molar-refractivity contribution is 0.730. The first-order valence-electron chi connectivity index (χ1n) is 5.98. The van der Waals surface area contributed by atoms with Crippen molar-refractivity contribution in [2.75, 3.05) is 0 Å². The van der Waals surface area contributed by atoms with Gasteiger partial charge in [-0.3, -0.25) is 0 Å². The molecule has 0 N–H and O–H groups in total. The summed E-state index contributed by atoms with van der Waals surface area (Å²) in [6.07, 6.45) is 9.76. The molecule has 0 saturated carbocycles. The molecule has 0 saturated heterocycles. The summed E-state index contributed by atoms with van der Waals surface area (Å²) < 4.78 is 0. The highest BCUT2D eigenvalue weighted by molar-refractivity contribution is 5.57. The molecule has 0 radical (unpaired) electrons. The monoisotopic (exact) mass is 202 g/mol. The summed E-state index contributed by atoms with van der Waals surface area (Å²) in [4.78, 5) is 0. The van der Waals surface area contributed by atoms with Gasteiger partial charge >= 0.3 is 0 Å². The van der Waals surface area contributed by atoms with E-state index in [1.165, 1.54) is 42.4 Å². The summed E-state index contributed by atoms with van der Waals surface area (Å²) in [5, 5.41) is 0. The third kappa shape index (κ3) is 3.91. The van der Waals surface area contributed by atoms with Crippen LogP contribution in [0.5, 0.6) is 0 Å². The van der Waals surface area contributed by atoms with E-state index in [-0.39, 0.29) is 0 Å². The number of hydrogen-bond donors (Lipinski definition) is 0. The topological polar surface area (TPSA) is 0 Å². The number of hydrogen-bond acceptors (Lipinski definition) is 0. The summed E-state index contributed by atoms with van der Waals surface area (Å²) in [5.41, 5.74) is 4.15. The van der Waals surface area contributed by atoms with Gasteiger partial charge in [0.05, 0.1) is 0 Å². The van der Waals surface area contributed by atoms with Crippen molar-refractivity contribution in [3.63, 3.8) is 0 Å². The van der Waals surface area contributed by atoms with Crippen molar-refractivity contribution in [2.45, 2.75) is 46.5 Å². The predicted molar refractivity (Wildman–Crippen MR) is 69.1 cm³/mol. The first-order valence-corrected chi connectivity index (χ1v) is 5.98. The Labute approximate surface area is 94.0 Å².